The van der Waals surface area contributed by atoms with Gasteiger partial charge in [0.2, 0.25) is 0 Å². The zero-order chi connectivity index (χ0) is 10.7. The van der Waals surface area contributed by atoms with E-state index in [1.165, 1.54) is 6.42 Å². The molecular formula is C11H16INO2. The molecule has 2 atom stereocenters. The lowest BCUT2D eigenvalue weighted by molar-refractivity contribution is 0.178. The summed E-state index contributed by atoms with van der Waals surface area (Å²) < 4.78 is 11.8. The molecule has 0 saturated carbocycles. The van der Waals surface area contributed by atoms with Gasteiger partial charge >= 0.3 is 0 Å². The van der Waals surface area contributed by atoms with Gasteiger partial charge in [-0.15, -0.1) is 0 Å². The number of ether oxygens (including phenoxy) is 1. The number of hydrogen-bond donors (Lipinski definition) is 1. The van der Waals surface area contributed by atoms with Gasteiger partial charge in [-0.2, -0.15) is 0 Å². The van der Waals surface area contributed by atoms with Gasteiger partial charge in [0, 0.05) is 12.6 Å². The minimum absolute atomic E-state index is 0.496. The van der Waals surface area contributed by atoms with E-state index >= 15 is 0 Å². The molecule has 4 heteroatoms. The Morgan fingerprint density at radius 3 is 3.07 bits per heavy atom. The summed E-state index contributed by atoms with van der Waals surface area (Å²) in [6.07, 6.45) is 1.17. The lowest BCUT2D eigenvalue weighted by Gasteiger charge is -2.18. The van der Waals surface area contributed by atoms with Crippen LogP contribution in [0.3, 0.4) is 0 Å². The largest absolute Gasteiger partial charge is 0.454 e. The van der Waals surface area contributed by atoms with E-state index in [4.69, 9.17) is 9.15 Å². The Balaban J connectivity index is 1.77. The molecule has 1 saturated heterocycles. The zero-order valence-electron chi connectivity index (χ0n) is 8.83. The topological polar surface area (TPSA) is 34.4 Å². The van der Waals surface area contributed by atoms with Gasteiger partial charge in [0.15, 0.2) is 3.77 Å². The van der Waals surface area contributed by atoms with Crippen LogP contribution in [0.2, 0.25) is 0 Å². The Kier molecular flexibility index (Phi) is 4.05. The van der Waals surface area contributed by atoms with Gasteiger partial charge in [-0.25, -0.2) is 0 Å². The van der Waals surface area contributed by atoms with Crippen LogP contribution in [-0.2, 0) is 11.3 Å². The van der Waals surface area contributed by atoms with Crippen LogP contribution in [-0.4, -0.2) is 19.3 Å². The van der Waals surface area contributed by atoms with E-state index in [1.807, 2.05) is 12.1 Å². The van der Waals surface area contributed by atoms with Gasteiger partial charge in [0.05, 0.1) is 13.2 Å². The summed E-state index contributed by atoms with van der Waals surface area (Å²) in [7, 11) is 0. The first-order valence-corrected chi connectivity index (χ1v) is 6.39. The third kappa shape index (κ3) is 3.19. The molecular weight excluding hydrogens is 305 g/mol. The summed E-state index contributed by atoms with van der Waals surface area (Å²) in [5, 5.41) is 3.48. The van der Waals surface area contributed by atoms with Gasteiger partial charge in [-0.1, -0.05) is 0 Å². The standard InChI is InChI=1S/C11H16INO2/c1-8(9-4-5-14-7-9)13-6-10-2-3-11(12)15-10/h2-3,8-9,13H,4-7H2,1H3. The molecule has 0 amide bonds. The fraction of sp³-hybridized carbons (Fsp3) is 0.636. The summed E-state index contributed by atoms with van der Waals surface area (Å²) in [4.78, 5) is 0. The molecule has 1 aromatic rings. The summed E-state index contributed by atoms with van der Waals surface area (Å²) in [6, 6.07) is 4.50. The fourth-order valence-electron chi connectivity index (χ4n) is 1.82. The molecule has 2 heterocycles. The third-order valence-corrected chi connectivity index (χ3v) is 3.48. The molecule has 0 aromatic carbocycles. The first kappa shape index (κ1) is 11.4. The van der Waals surface area contributed by atoms with E-state index in [0.717, 1.165) is 29.3 Å². The van der Waals surface area contributed by atoms with Gasteiger partial charge < -0.3 is 14.5 Å². The van der Waals surface area contributed by atoms with Crippen LogP contribution in [0.5, 0.6) is 0 Å². The average molecular weight is 321 g/mol. The van der Waals surface area contributed by atoms with E-state index < -0.39 is 0 Å². The zero-order valence-corrected chi connectivity index (χ0v) is 11.0. The third-order valence-electron chi connectivity index (χ3n) is 2.90. The smallest absolute Gasteiger partial charge is 0.164 e. The van der Waals surface area contributed by atoms with E-state index in [-0.39, 0.29) is 0 Å². The van der Waals surface area contributed by atoms with Gasteiger partial charge in [0.25, 0.3) is 0 Å². The van der Waals surface area contributed by atoms with Gasteiger partial charge in [-0.05, 0) is 54.0 Å². The van der Waals surface area contributed by atoms with Crippen LogP contribution in [0.4, 0.5) is 0 Å². The summed E-state index contributed by atoms with van der Waals surface area (Å²) in [6.45, 7) is 4.83. The van der Waals surface area contributed by atoms with Crippen LogP contribution >= 0.6 is 22.6 Å². The van der Waals surface area contributed by atoms with Crippen molar-refractivity contribution < 1.29 is 9.15 Å². The van der Waals surface area contributed by atoms with Crippen molar-refractivity contribution in [3.05, 3.63) is 21.7 Å². The molecule has 2 unspecified atom stereocenters. The van der Waals surface area contributed by atoms with Crippen molar-refractivity contribution >= 4 is 22.6 Å². The maximum atomic E-state index is 5.49. The molecule has 2 rings (SSSR count). The predicted octanol–water partition coefficient (Wildman–Crippen LogP) is 2.40. The van der Waals surface area contributed by atoms with Crippen LogP contribution < -0.4 is 5.32 Å². The molecule has 1 aliphatic heterocycles. The van der Waals surface area contributed by atoms with Gasteiger partial charge in [0.1, 0.15) is 5.76 Å². The minimum atomic E-state index is 0.496. The maximum Gasteiger partial charge on any atom is 0.164 e. The summed E-state index contributed by atoms with van der Waals surface area (Å²) in [5.74, 6) is 1.66. The molecule has 84 valence electrons. The highest BCUT2D eigenvalue weighted by Crippen LogP contribution is 2.17. The number of hydrogen-bond acceptors (Lipinski definition) is 3. The summed E-state index contributed by atoms with van der Waals surface area (Å²) in [5.41, 5.74) is 0. The molecule has 15 heavy (non-hydrogen) atoms. The highest BCUT2D eigenvalue weighted by Gasteiger charge is 2.21. The number of nitrogens with one attached hydrogen (secondary N) is 1. The molecule has 1 aliphatic rings. The maximum absolute atomic E-state index is 5.49. The van der Waals surface area contributed by atoms with E-state index in [0.29, 0.717) is 12.0 Å². The normalized spacial score (nSPS) is 23.2. The van der Waals surface area contributed by atoms with E-state index in [2.05, 4.69) is 34.8 Å². The van der Waals surface area contributed by atoms with Crippen LogP contribution in [0.25, 0.3) is 0 Å². The highest BCUT2D eigenvalue weighted by molar-refractivity contribution is 14.1. The van der Waals surface area contributed by atoms with E-state index in [1.54, 1.807) is 0 Å². The number of halogens is 1. The van der Waals surface area contributed by atoms with Crippen LogP contribution in [0, 0.1) is 9.68 Å². The molecule has 0 aliphatic carbocycles. The molecule has 0 radical (unpaired) electrons. The van der Waals surface area contributed by atoms with Crippen molar-refractivity contribution in [1.82, 2.24) is 5.32 Å². The first-order chi connectivity index (χ1) is 7.25. The molecule has 1 aromatic heterocycles. The molecule has 0 spiro atoms. The highest BCUT2D eigenvalue weighted by atomic mass is 127. The van der Waals surface area contributed by atoms with Crippen LogP contribution in [0.15, 0.2) is 16.5 Å². The monoisotopic (exact) mass is 321 g/mol. The number of furan rings is 1. The summed E-state index contributed by atoms with van der Waals surface area (Å²) >= 11 is 2.18. The van der Waals surface area contributed by atoms with E-state index in [9.17, 15) is 0 Å². The van der Waals surface area contributed by atoms with Crippen molar-refractivity contribution in [2.45, 2.75) is 25.9 Å². The van der Waals surface area contributed by atoms with Crippen molar-refractivity contribution in [3.63, 3.8) is 0 Å². The predicted molar refractivity (Wildman–Crippen MR) is 66.7 cm³/mol. The molecule has 1 fully saturated rings. The fourth-order valence-corrected chi connectivity index (χ4v) is 2.28. The van der Waals surface area contributed by atoms with Crippen molar-refractivity contribution in [2.75, 3.05) is 13.2 Å². The minimum Gasteiger partial charge on any atom is -0.454 e. The Morgan fingerprint density at radius 1 is 1.60 bits per heavy atom. The Bertz CT molecular complexity index is 307. The van der Waals surface area contributed by atoms with Crippen molar-refractivity contribution in [2.24, 2.45) is 5.92 Å². The Labute approximate surface area is 104 Å². The van der Waals surface area contributed by atoms with Gasteiger partial charge in [-0.3, -0.25) is 0 Å². The molecule has 1 N–H and O–H groups in total. The number of rotatable bonds is 4. The lowest BCUT2D eigenvalue weighted by atomic mass is 10.0. The molecule has 3 nitrogen and oxygen atoms in total. The first-order valence-electron chi connectivity index (χ1n) is 5.31. The second-order valence-corrected chi connectivity index (χ2v) is 5.06. The quantitative estimate of drug-likeness (QED) is 0.865. The van der Waals surface area contributed by atoms with Crippen LogP contribution in [0.1, 0.15) is 19.1 Å². The average Bonchev–Trinajstić information content (AvgIpc) is 2.84. The SMILES string of the molecule is CC(NCc1ccc(I)o1)C1CCOC1. The molecule has 0 bridgehead atoms. The second-order valence-electron chi connectivity index (χ2n) is 4.00. The second kappa shape index (κ2) is 5.32. The van der Waals surface area contributed by atoms with Crippen molar-refractivity contribution in [3.8, 4) is 0 Å². The Morgan fingerprint density at radius 2 is 2.47 bits per heavy atom. The Hall–Kier alpha value is -0.0700. The van der Waals surface area contributed by atoms with Crippen molar-refractivity contribution in [1.29, 1.82) is 0 Å². The lowest BCUT2D eigenvalue weighted by Crippen LogP contribution is -2.33.